The lowest BCUT2D eigenvalue weighted by molar-refractivity contribution is 0.0764. The molecular weight excluding hydrogens is 347 g/mol. The summed E-state index contributed by atoms with van der Waals surface area (Å²) in [4.78, 5) is 14.8. The number of likely N-dealkylation sites (N-methyl/N-ethyl adjacent to an activating group) is 1. The van der Waals surface area contributed by atoms with Crippen LogP contribution in [-0.4, -0.2) is 33.2 Å². The number of hydrogen-bond acceptors (Lipinski definition) is 4. The van der Waals surface area contributed by atoms with Crippen molar-refractivity contribution in [1.82, 2.24) is 5.32 Å². The van der Waals surface area contributed by atoms with E-state index in [0.717, 1.165) is 23.2 Å². The summed E-state index contributed by atoms with van der Waals surface area (Å²) in [5, 5.41) is 3.40. The van der Waals surface area contributed by atoms with Crippen molar-refractivity contribution >= 4 is 22.6 Å². The van der Waals surface area contributed by atoms with Gasteiger partial charge in [0.05, 0.1) is 18.3 Å². The van der Waals surface area contributed by atoms with Crippen LogP contribution in [0.15, 0.2) is 40.8 Å². The fourth-order valence-electron chi connectivity index (χ4n) is 3.54. The van der Waals surface area contributed by atoms with Crippen LogP contribution in [0.2, 0.25) is 0 Å². The van der Waals surface area contributed by atoms with E-state index in [1.165, 1.54) is 12.1 Å². The summed E-state index contributed by atoms with van der Waals surface area (Å²) in [5.41, 5.74) is 3.75. The smallest absolute Gasteiger partial charge is 0.255 e. The molecule has 1 aromatic heterocycles. The molecule has 1 unspecified atom stereocenters. The van der Waals surface area contributed by atoms with Crippen LogP contribution in [0.1, 0.15) is 28.9 Å². The first kappa shape index (κ1) is 17.5. The molecule has 1 aliphatic rings. The molecule has 0 aliphatic carbocycles. The lowest BCUT2D eigenvalue weighted by Crippen LogP contribution is -2.20. The summed E-state index contributed by atoms with van der Waals surface area (Å²) < 4.78 is 25.3. The number of carbonyl (C=O) groups excluding carboxylic acids is 1. The number of amides is 1. The van der Waals surface area contributed by atoms with Crippen molar-refractivity contribution in [3.8, 4) is 11.3 Å². The monoisotopic (exact) mass is 368 g/mol. The van der Waals surface area contributed by atoms with E-state index in [0.29, 0.717) is 29.1 Å². The minimum absolute atomic E-state index is 0.0870. The molecule has 6 heteroatoms. The van der Waals surface area contributed by atoms with Crippen LogP contribution in [0, 0.1) is 5.82 Å². The number of anilines is 1. The lowest BCUT2D eigenvalue weighted by atomic mass is 10.00. The molecule has 0 fully saturated rings. The van der Waals surface area contributed by atoms with E-state index >= 15 is 0 Å². The Hall–Kier alpha value is -2.86. The number of benzene rings is 2. The van der Waals surface area contributed by atoms with Gasteiger partial charge in [0.25, 0.3) is 5.91 Å². The molecule has 1 amide bonds. The van der Waals surface area contributed by atoms with Crippen molar-refractivity contribution in [2.24, 2.45) is 0 Å². The molecule has 4 rings (SSSR count). The van der Waals surface area contributed by atoms with Crippen LogP contribution in [0.4, 0.5) is 10.1 Å². The van der Waals surface area contributed by atoms with E-state index < -0.39 is 0 Å². The number of nitrogens with zero attached hydrogens (tertiary/aromatic N) is 1. The summed E-state index contributed by atoms with van der Waals surface area (Å²) in [6, 6.07) is 9.86. The van der Waals surface area contributed by atoms with Gasteiger partial charge in [-0.1, -0.05) is 0 Å². The lowest BCUT2D eigenvalue weighted by Gasteiger charge is -2.19. The average molecular weight is 368 g/mol. The summed E-state index contributed by atoms with van der Waals surface area (Å²) in [5.74, 6) is -0.153. The Kier molecular flexibility index (Phi) is 4.36. The maximum Gasteiger partial charge on any atom is 0.255 e. The fraction of sp³-hybridized carbons (Fsp3) is 0.286. The molecule has 0 spiro atoms. The number of carbonyl (C=O) groups is 1. The van der Waals surface area contributed by atoms with E-state index in [4.69, 9.17) is 9.15 Å². The number of fused-ring (bicyclic) bond motifs is 2. The molecular formula is C21H21FN2O3. The summed E-state index contributed by atoms with van der Waals surface area (Å²) in [7, 11) is 3.59. The Morgan fingerprint density at radius 1 is 1.26 bits per heavy atom. The van der Waals surface area contributed by atoms with Crippen LogP contribution in [0.25, 0.3) is 22.3 Å². The fourth-order valence-corrected chi connectivity index (χ4v) is 3.54. The van der Waals surface area contributed by atoms with Gasteiger partial charge in [-0.25, -0.2) is 4.39 Å². The largest absolute Gasteiger partial charge is 0.455 e. The zero-order valence-electron chi connectivity index (χ0n) is 15.5. The molecule has 140 valence electrons. The van der Waals surface area contributed by atoms with E-state index in [-0.39, 0.29) is 17.8 Å². The van der Waals surface area contributed by atoms with Crippen molar-refractivity contribution in [3.63, 3.8) is 0 Å². The van der Waals surface area contributed by atoms with E-state index in [1.54, 1.807) is 19.2 Å². The Balaban J connectivity index is 1.99. The molecule has 0 saturated heterocycles. The number of ether oxygens (including phenoxy) is 1. The van der Waals surface area contributed by atoms with Crippen LogP contribution >= 0.6 is 0 Å². The Labute approximate surface area is 156 Å². The predicted molar refractivity (Wildman–Crippen MR) is 103 cm³/mol. The quantitative estimate of drug-likeness (QED) is 0.739. The SMILES string of the molecule is CNC(=O)c1c(-c2ccc(F)cc2)oc2cc3c(cc12)C(C)OCCN3C. The van der Waals surface area contributed by atoms with Gasteiger partial charge in [0.1, 0.15) is 17.2 Å². The molecule has 2 aromatic carbocycles. The van der Waals surface area contributed by atoms with Gasteiger partial charge in [0, 0.05) is 48.9 Å². The molecule has 1 atom stereocenters. The molecule has 2 heterocycles. The highest BCUT2D eigenvalue weighted by atomic mass is 19.1. The van der Waals surface area contributed by atoms with Gasteiger partial charge in [0.2, 0.25) is 0 Å². The third kappa shape index (κ3) is 2.96. The molecule has 27 heavy (non-hydrogen) atoms. The first-order chi connectivity index (χ1) is 13.0. The third-order valence-electron chi connectivity index (χ3n) is 5.04. The zero-order valence-corrected chi connectivity index (χ0v) is 15.5. The first-order valence-electron chi connectivity index (χ1n) is 8.90. The molecule has 0 saturated carbocycles. The topological polar surface area (TPSA) is 54.7 Å². The highest BCUT2D eigenvalue weighted by Crippen LogP contribution is 2.40. The van der Waals surface area contributed by atoms with Gasteiger partial charge in [-0.05, 0) is 37.3 Å². The second-order valence-electron chi connectivity index (χ2n) is 6.73. The summed E-state index contributed by atoms with van der Waals surface area (Å²) >= 11 is 0. The van der Waals surface area contributed by atoms with Crippen LogP contribution in [-0.2, 0) is 4.74 Å². The Morgan fingerprint density at radius 3 is 2.70 bits per heavy atom. The maximum atomic E-state index is 13.3. The van der Waals surface area contributed by atoms with Crippen LogP contribution in [0.5, 0.6) is 0 Å². The van der Waals surface area contributed by atoms with Crippen molar-refractivity contribution in [1.29, 1.82) is 0 Å². The van der Waals surface area contributed by atoms with Gasteiger partial charge in [-0.3, -0.25) is 4.79 Å². The number of nitrogens with one attached hydrogen (secondary N) is 1. The number of furan rings is 1. The standard InChI is InChI=1S/C21H21FN2O3/c1-12-15-10-16-18(11-17(15)24(3)8-9-26-12)27-20(19(16)21(25)23-2)13-4-6-14(22)7-5-13/h4-7,10-12H,8-9H2,1-3H3,(H,23,25). The number of hydrogen-bond donors (Lipinski definition) is 1. The van der Waals surface area contributed by atoms with Crippen molar-refractivity contribution in [2.45, 2.75) is 13.0 Å². The third-order valence-corrected chi connectivity index (χ3v) is 5.04. The number of halogens is 1. The Morgan fingerprint density at radius 2 is 2.00 bits per heavy atom. The highest BCUT2D eigenvalue weighted by Gasteiger charge is 2.26. The van der Waals surface area contributed by atoms with Gasteiger partial charge >= 0.3 is 0 Å². The van der Waals surface area contributed by atoms with Crippen molar-refractivity contribution < 1.29 is 18.3 Å². The maximum absolute atomic E-state index is 13.3. The van der Waals surface area contributed by atoms with E-state index in [1.807, 2.05) is 26.1 Å². The molecule has 3 aromatic rings. The van der Waals surface area contributed by atoms with E-state index in [2.05, 4.69) is 10.2 Å². The van der Waals surface area contributed by atoms with Crippen LogP contribution in [0.3, 0.4) is 0 Å². The average Bonchev–Trinajstić information content (AvgIpc) is 2.98. The summed E-state index contributed by atoms with van der Waals surface area (Å²) in [6.45, 7) is 3.41. The summed E-state index contributed by atoms with van der Waals surface area (Å²) in [6.07, 6.45) is -0.0870. The molecule has 0 radical (unpaired) electrons. The minimum atomic E-state index is -0.337. The predicted octanol–water partition coefficient (Wildman–Crippen LogP) is 4.13. The Bertz CT molecular complexity index is 1010. The van der Waals surface area contributed by atoms with Gasteiger partial charge < -0.3 is 19.4 Å². The van der Waals surface area contributed by atoms with Crippen molar-refractivity contribution in [3.05, 3.63) is 53.3 Å². The van der Waals surface area contributed by atoms with Gasteiger partial charge in [0.15, 0.2) is 0 Å². The molecule has 1 N–H and O–H groups in total. The number of rotatable bonds is 2. The van der Waals surface area contributed by atoms with E-state index in [9.17, 15) is 9.18 Å². The second-order valence-corrected chi connectivity index (χ2v) is 6.73. The zero-order chi connectivity index (χ0) is 19.1. The molecule has 5 nitrogen and oxygen atoms in total. The van der Waals surface area contributed by atoms with Gasteiger partial charge in [-0.15, -0.1) is 0 Å². The normalized spacial score (nSPS) is 16.9. The highest BCUT2D eigenvalue weighted by molar-refractivity contribution is 6.11. The molecule has 1 aliphatic heterocycles. The second kappa shape index (κ2) is 6.70. The van der Waals surface area contributed by atoms with Gasteiger partial charge in [-0.2, -0.15) is 0 Å². The minimum Gasteiger partial charge on any atom is -0.455 e. The van der Waals surface area contributed by atoms with Crippen molar-refractivity contribution in [2.75, 3.05) is 32.1 Å². The van der Waals surface area contributed by atoms with Crippen LogP contribution < -0.4 is 10.2 Å². The first-order valence-corrected chi connectivity index (χ1v) is 8.90. The molecule has 0 bridgehead atoms.